The molecule has 3 N–H and O–H groups in total. The number of hydrogen-bond acceptors (Lipinski definition) is 10. The van der Waals surface area contributed by atoms with Gasteiger partial charge in [0.05, 0.1) is 25.1 Å². The second kappa shape index (κ2) is 13.5. The summed E-state index contributed by atoms with van der Waals surface area (Å²) in [5.74, 6) is 0.0457. The number of benzene rings is 2. The van der Waals surface area contributed by atoms with Crippen LogP contribution >= 0.6 is 0 Å². The van der Waals surface area contributed by atoms with Crippen LogP contribution in [0.5, 0.6) is 0 Å². The molecular formula is C30H38N6O6S. The summed E-state index contributed by atoms with van der Waals surface area (Å²) in [5.41, 5.74) is 2.95. The maximum absolute atomic E-state index is 12.4. The highest BCUT2D eigenvalue weighted by Crippen LogP contribution is 2.31. The first-order chi connectivity index (χ1) is 20.7. The number of nitrogens with one attached hydrogen (secondary N) is 1. The number of aromatic nitrogens is 4. The van der Waals surface area contributed by atoms with Crippen LogP contribution in [0.25, 0.3) is 11.2 Å². The highest BCUT2D eigenvalue weighted by molar-refractivity contribution is 7.89. The first-order valence-corrected chi connectivity index (χ1v) is 15.9. The molecule has 3 heterocycles. The average Bonchev–Trinajstić information content (AvgIpc) is 3.53. The Bertz CT molecular complexity index is 1550. The van der Waals surface area contributed by atoms with Crippen molar-refractivity contribution < 1.29 is 28.1 Å². The molecule has 0 aliphatic carbocycles. The van der Waals surface area contributed by atoms with Crippen LogP contribution in [0.2, 0.25) is 0 Å². The van der Waals surface area contributed by atoms with Gasteiger partial charge in [-0.3, -0.25) is 5.01 Å². The van der Waals surface area contributed by atoms with Gasteiger partial charge < -0.3 is 19.7 Å². The smallest absolute Gasteiger partial charge is 0.212 e. The number of fused-ring (bicyclic) bond motifs is 1. The minimum atomic E-state index is -3.52. The van der Waals surface area contributed by atoms with Crippen LogP contribution in [0.3, 0.4) is 0 Å². The largest absolute Gasteiger partial charge is 0.387 e. The third-order valence-electron chi connectivity index (χ3n) is 7.34. The molecule has 5 rings (SSSR count). The average molecular weight is 611 g/mol. The summed E-state index contributed by atoms with van der Waals surface area (Å²) in [5, 5.41) is 23.9. The van der Waals surface area contributed by atoms with Crippen molar-refractivity contribution in [2.75, 3.05) is 31.0 Å². The summed E-state index contributed by atoms with van der Waals surface area (Å²) in [7, 11) is -2.01. The summed E-state index contributed by atoms with van der Waals surface area (Å²) >= 11 is 0. The number of aliphatic hydroxyl groups excluding tert-OH is 2. The quantitative estimate of drug-likeness (QED) is 0.204. The zero-order chi connectivity index (χ0) is 30.6. The molecule has 1 fully saturated rings. The van der Waals surface area contributed by atoms with Crippen LogP contribution in [-0.2, 0) is 26.0 Å². The molecule has 13 heteroatoms. The van der Waals surface area contributed by atoms with E-state index in [-0.39, 0.29) is 36.6 Å². The molecule has 2 aromatic carbocycles. The first-order valence-electron chi connectivity index (χ1n) is 14.2. The lowest BCUT2D eigenvalue weighted by Crippen LogP contribution is -2.51. The SMILES string of the molecule is COC[C@H]1O[C@@H](N(CC(c2ccccc2)c2ccccc2)n2cnc3cnc(CNS(=O)(=O)CC(C)C)nc32)[C@@H](O)[C@@H]1O. The predicted molar refractivity (Wildman–Crippen MR) is 161 cm³/mol. The molecule has 0 saturated carbocycles. The Morgan fingerprint density at radius 3 is 2.28 bits per heavy atom. The van der Waals surface area contributed by atoms with Crippen LogP contribution < -0.4 is 9.73 Å². The molecular weight excluding hydrogens is 572 g/mol. The third-order valence-corrected chi connectivity index (χ3v) is 9.03. The Kier molecular flexibility index (Phi) is 9.69. The Balaban J connectivity index is 1.55. The standard InChI is InChI=1S/C30H38N6O6S/c1-20(2)18-43(39,40)33-15-26-31-14-24-29(34-26)36(19-32-24)35(30-28(38)27(37)25(42-30)17-41-3)16-23(21-10-6-4-7-11-21)22-12-8-5-9-13-22/h4-14,19-20,23,25,27-28,30,33,37-38H,15-18H2,1-3H3/t25-,27-,28+,30-/m1/s1. The predicted octanol–water partition coefficient (Wildman–Crippen LogP) is 1.76. The lowest BCUT2D eigenvalue weighted by atomic mass is 9.91. The number of ether oxygens (including phenoxy) is 2. The molecule has 4 atom stereocenters. The number of methoxy groups -OCH3 is 1. The molecule has 1 aliphatic heterocycles. The van der Waals surface area contributed by atoms with Gasteiger partial charge in [0.15, 0.2) is 11.9 Å². The van der Waals surface area contributed by atoms with E-state index in [1.165, 1.54) is 13.3 Å². The number of sulfonamides is 1. The number of nitrogens with zero attached hydrogens (tertiary/aromatic N) is 5. The summed E-state index contributed by atoms with van der Waals surface area (Å²) in [6.45, 7) is 3.98. The maximum atomic E-state index is 12.4. The van der Waals surface area contributed by atoms with Crippen molar-refractivity contribution >= 4 is 21.2 Å². The topological polar surface area (TPSA) is 152 Å². The first kappa shape index (κ1) is 31.0. The van der Waals surface area contributed by atoms with Crippen LogP contribution in [0, 0.1) is 5.92 Å². The van der Waals surface area contributed by atoms with Gasteiger partial charge in [0, 0.05) is 19.6 Å². The van der Waals surface area contributed by atoms with Crippen molar-refractivity contribution in [1.29, 1.82) is 0 Å². The minimum Gasteiger partial charge on any atom is -0.387 e. The van der Waals surface area contributed by atoms with Crippen molar-refractivity contribution in [3.05, 3.63) is 90.1 Å². The summed E-state index contributed by atoms with van der Waals surface area (Å²) in [6, 6.07) is 20.0. The van der Waals surface area contributed by atoms with Crippen molar-refractivity contribution in [2.45, 2.75) is 50.8 Å². The van der Waals surface area contributed by atoms with Crippen molar-refractivity contribution in [3.8, 4) is 0 Å². The molecule has 0 unspecified atom stereocenters. The highest BCUT2D eigenvalue weighted by atomic mass is 32.2. The van der Waals surface area contributed by atoms with E-state index in [1.54, 1.807) is 16.0 Å². The van der Waals surface area contributed by atoms with Crippen molar-refractivity contribution in [1.82, 2.24) is 24.4 Å². The Hall–Kier alpha value is -3.46. The Morgan fingerprint density at radius 1 is 1.02 bits per heavy atom. The van der Waals surface area contributed by atoms with Gasteiger partial charge in [-0.1, -0.05) is 74.5 Å². The monoisotopic (exact) mass is 610 g/mol. The molecule has 230 valence electrons. The summed E-state index contributed by atoms with van der Waals surface area (Å²) < 4.78 is 40.6. The fourth-order valence-electron chi connectivity index (χ4n) is 5.33. The summed E-state index contributed by atoms with van der Waals surface area (Å²) in [4.78, 5) is 13.5. The summed E-state index contributed by atoms with van der Waals surface area (Å²) in [6.07, 6.45) is -1.10. The van der Waals surface area contributed by atoms with E-state index in [1.807, 2.05) is 74.5 Å². The van der Waals surface area contributed by atoms with Crippen molar-refractivity contribution in [2.24, 2.45) is 5.92 Å². The second-order valence-corrected chi connectivity index (χ2v) is 12.9. The van der Waals surface area contributed by atoms with Gasteiger partial charge in [0.1, 0.15) is 36.0 Å². The van der Waals surface area contributed by atoms with Gasteiger partial charge in [-0.25, -0.2) is 32.8 Å². The third kappa shape index (κ3) is 7.20. The molecule has 2 aromatic heterocycles. The zero-order valence-corrected chi connectivity index (χ0v) is 25.2. The number of hydrogen-bond donors (Lipinski definition) is 3. The van der Waals surface area contributed by atoms with E-state index in [2.05, 4.69) is 19.7 Å². The van der Waals surface area contributed by atoms with E-state index in [9.17, 15) is 18.6 Å². The highest BCUT2D eigenvalue weighted by Gasteiger charge is 2.46. The van der Waals surface area contributed by atoms with E-state index in [0.717, 1.165) is 11.1 Å². The maximum Gasteiger partial charge on any atom is 0.212 e. The molecule has 12 nitrogen and oxygen atoms in total. The van der Waals surface area contributed by atoms with E-state index in [0.29, 0.717) is 17.7 Å². The van der Waals surface area contributed by atoms with Crippen LogP contribution in [0.4, 0.5) is 0 Å². The van der Waals surface area contributed by atoms with Gasteiger partial charge >= 0.3 is 0 Å². The molecule has 1 saturated heterocycles. The Morgan fingerprint density at radius 2 is 1.67 bits per heavy atom. The van der Waals surface area contributed by atoms with E-state index >= 15 is 0 Å². The van der Waals surface area contributed by atoms with Crippen molar-refractivity contribution in [3.63, 3.8) is 0 Å². The lowest BCUT2D eigenvalue weighted by Gasteiger charge is -2.36. The zero-order valence-electron chi connectivity index (χ0n) is 24.4. The normalized spacial score (nSPS) is 20.8. The van der Waals surface area contributed by atoms with Gasteiger partial charge in [-0.2, -0.15) is 0 Å². The van der Waals surface area contributed by atoms with E-state index in [4.69, 9.17) is 9.47 Å². The Labute approximate surface area is 251 Å². The molecule has 1 aliphatic rings. The molecule has 0 bridgehead atoms. The van der Waals surface area contributed by atoms with Gasteiger partial charge in [0.2, 0.25) is 10.0 Å². The molecule has 4 aromatic rings. The fraction of sp³-hybridized carbons (Fsp3) is 0.433. The van der Waals surface area contributed by atoms with Gasteiger partial charge in [-0.05, 0) is 17.0 Å². The lowest BCUT2D eigenvalue weighted by molar-refractivity contribution is -0.0391. The second-order valence-electron chi connectivity index (χ2n) is 11.1. The van der Waals surface area contributed by atoms with Gasteiger partial charge in [-0.15, -0.1) is 0 Å². The minimum absolute atomic E-state index is 0.0107. The van der Waals surface area contributed by atoms with Crippen LogP contribution in [0.1, 0.15) is 36.7 Å². The number of aliphatic hydroxyl groups is 2. The number of rotatable bonds is 13. The van der Waals surface area contributed by atoms with Crippen LogP contribution in [0.15, 0.2) is 73.2 Å². The molecule has 0 spiro atoms. The number of imidazole rings is 1. The van der Waals surface area contributed by atoms with Gasteiger partial charge in [0.25, 0.3) is 0 Å². The molecule has 43 heavy (non-hydrogen) atoms. The molecule has 0 radical (unpaired) electrons. The fourth-order valence-corrected chi connectivity index (χ4v) is 6.68. The van der Waals surface area contributed by atoms with Crippen LogP contribution in [-0.4, -0.2) is 88.8 Å². The molecule has 0 amide bonds. The van der Waals surface area contributed by atoms with E-state index < -0.39 is 34.6 Å².